The molecule has 0 atom stereocenters. The van der Waals surface area contributed by atoms with E-state index in [9.17, 15) is 4.79 Å². The molecule has 0 aliphatic rings. The van der Waals surface area contributed by atoms with E-state index in [1.165, 1.54) is 0 Å². The predicted octanol–water partition coefficient (Wildman–Crippen LogP) is 7.36. The molecule has 0 saturated carbocycles. The van der Waals surface area contributed by atoms with Crippen molar-refractivity contribution >= 4 is 17.3 Å². The quantitative estimate of drug-likeness (QED) is 0.103. The second-order valence-corrected chi connectivity index (χ2v) is 8.15. The number of methoxy groups -OCH3 is 1. The molecule has 36 heavy (non-hydrogen) atoms. The Morgan fingerprint density at radius 2 is 1.36 bits per heavy atom. The van der Waals surface area contributed by atoms with Crippen LogP contribution in [0.15, 0.2) is 95.2 Å². The molecule has 0 saturated heterocycles. The maximum atomic E-state index is 11.5. The molecule has 0 heterocycles. The van der Waals surface area contributed by atoms with E-state index in [2.05, 4.69) is 16.8 Å². The molecular weight excluding hydrogens is 456 g/mol. The molecule has 0 aliphatic carbocycles. The number of carbonyl (C=O) groups is 1. The first kappa shape index (κ1) is 26.5. The van der Waals surface area contributed by atoms with Crippen molar-refractivity contribution in [3.05, 3.63) is 90.5 Å². The molecule has 188 valence electrons. The van der Waals surface area contributed by atoms with Crippen LogP contribution in [0, 0.1) is 0 Å². The maximum Gasteiger partial charge on any atom is 0.333 e. The van der Waals surface area contributed by atoms with Gasteiger partial charge < -0.3 is 18.9 Å². The first-order valence-electron chi connectivity index (χ1n) is 11.9. The molecule has 3 aromatic carbocycles. The number of unbranched alkanes of at least 4 members (excludes halogenated alkanes) is 2. The van der Waals surface area contributed by atoms with Crippen LogP contribution in [-0.2, 0) is 16.1 Å². The molecule has 0 amide bonds. The van der Waals surface area contributed by atoms with Gasteiger partial charge in [0.05, 0.1) is 31.7 Å². The lowest BCUT2D eigenvalue weighted by Crippen LogP contribution is -2.05. The third-order valence-electron chi connectivity index (χ3n) is 5.13. The van der Waals surface area contributed by atoms with Gasteiger partial charge in [-0.3, -0.25) is 0 Å². The molecule has 0 aromatic heterocycles. The van der Waals surface area contributed by atoms with Gasteiger partial charge >= 0.3 is 5.97 Å². The van der Waals surface area contributed by atoms with E-state index in [1.807, 2.05) is 72.8 Å². The Balaban J connectivity index is 1.29. The van der Waals surface area contributed by atoms with E-state index in [0.29, 0.717) is 18.8 Å². The molecule has 3 aromatic rings. The van der Waals surface area contributed by atoms with Crippen LogP contribution in [0.25, 0.3) is 0 Å². The minimum atomic E-state index is -0.394. The largest absolute Gasteiger partial charge is 0.497 e. The van der Waals surface area contributed by atoms with Crippen LogP contribution >= 0.6 is 0 Å². The molecule has 0 fully saturated rings. The van der Waals surface area contributed by atoms with Crippen molar-refractivity contribution in [1.29, 1.82) is 0 Å². The molecule has 0 unspecified atom stereocenters. The van der Waals surface area contributed by atoms with E-state index in [0.717, 1.165) is 53.4 Å². The predicted molar refractivity (Wildman–Crippen MR) is 140 cm³/mol. The molecule has 7 heteroatoms. The average molecular weight is 489 g/mol. The van der Waals surface area contributed by atoms with Crippen LogP contribution in [0.2, 0.25) is 0 Å². The average Bonchev–Trinajstić information content (AvgIpc) is 2.91. The van der Waals surface area contributed by atoms with E-state index in [-0.39, 0.29) is 6.61 Å². The van der Waals surface area contributed by atoms with Crippen LogP contribution in [0.3, 0.4) is 0 Å². The Hall–Kier alpha value is -4.13. The van der Waals surface area contributed by atoms with Gasteiger partial charge in [0, 0.05) is 5.57 Å². The number of rotatable bonds is 14. The first-order valence-corrected chi connectivity index (χ1v) is 11.9. The normalized spacial score (nSPS) is 10.7. The summed E-state index contributed by atoms with van der Waals surface area (Å²) >= 11 is 0. The lowest BCUT2D eigenvalue weighted by atomic mass is 10.2. The zero-order valence-corrected chi connectivity index (χ0v) is 20.8. The first-order chi connectivity index (χ1) is 17.5. The van der Waals surface area contributed by atoms with Crippen LogP contribution in [0.4, 0.5) is 11.4 Å². The number of esters is 1. The molecule has 3 rings (SSSR count). The van der Waals surface area contributed by atoms with Crippen LogP contribution in [0.5, 0.6) is 17.2 Å². The molecule has 0 radical (unpaired) electrons. The Bertz CT molecular complexity index is 1140. The van der Waals surface area contributed by atoms with Crippen LogP contribution in [-0.4, -0.2) is 26.3 Å². The number of hydrogen-bond donors (Lipinski definition) is 0. The SMILES string of the molecule is C=C(C)C(=O)OCc1cccc(OCCCCCOc2ccc(N=Nc3ccc(OC)cc3)cc2)c1. The van der Waals surface area contributed by atoms with Crippen molar-refractivity contribution in [3.8, 4) is 17.2 Å². The van der Waals surface area contributed by atoms with Gasteiger partial charge in [0.15, 0.2) is 0 Å². The third kappa shape index (κ3) is 9.25. The number of hydrogen-bond acceptors (Lipinski definition) is 7. The molecule has 0 bridgehead atoms. The van der Waals surface area contributed by atoms with Gasteiger partial charge in [-0.2, -0.15) is 10.2 Å². The van der Waals surface area contributed by atoms with Crippen molar-refractivity contribution in [2.75, 3.05) is 20.3 Å². The fourth-order valence-electron chi connectivity index (χ4n) is 3.13. The lowest BCUT2D eigenvalue weighted by Gasteiger charge is -2.09. The zero-order chi connectivity index (χ0) is 25.6. The molecule has 0 aliphatic heterocycles. The summed E-state index contributed by atoms with van der Waals surface area (Å²) in [6, 6.07) is 22.5. The highest BCUT2D eigenvalue weighted by atomic mass is 16.5. The minimum Gasteiger partial charge on any atom is -0.497 e. The lowest BCUT2D eigenvalue weighted by molar-refractivity contribution is -0.140. The molecule has 0 N–H and O–H groups in total. The highest BCUT2D eigenvalue weighted by Gasteiger charge is 2.04. The summed E-state index contributed by atoms with van der Waals surface area (Å²) in [4.78, 5) is 11.5. The van der Waals surface area contributed by atoms with Gasteiger partial charge in [0.2, 0.25) is 0 Å². The highest BCUT2D eigenvalue weighted by Crippen LogP contribution is 2.23. The number of benzene rings is 3. The van der Waals surface area contributed by atoms with Gasteiger partial charge in [0.1, 0.15) is 23.9 Å². The fourth-order valence-corrected chi connectivity index (χ4v) is 3.13. The Morgan fingerprint density at radius 3 is 1.94 bits per heavy atom. The number of nitrogens with zero attached hydrogens (tertiary/aromatic N) is 2. The van der Waals surface area contributed by atoms with E-state index >= 15 is 0 Å². The minimum absolute atomic E-state index is 0.201. The van der Waals surface area contributed by atoms with E-state index in [1.54, 1.807) is 14.0 Å². The molecule has 0 spiro atoms. The zero-order valence-electron chi connectivity index (χ0n) is 20.8. The Kier molecular flexibility index (Phi) is 10.5. The van der Waals surface area contributed by atoms with Gasteiger partial charge in [-0.25, -0.2) is 4.79 Å². The second-order valence-electron chi connectivity index (χ2n) is 8.15. The summed E-state index contributed by atoms with van der Waals surface area (Å²) in [5.41, 5.74) is 2.78. The van der Waals surface area contributed by atoms with Crippen molar-refractivity contribution in [2.45, 2.75) is 32.8 Å². The maximum absolute atomic E-state index is 11.5. The molecule has 7 nitrogen and oxygen atoms in total. The topological polar surface area (TPSA) is 78.7 Å². The number of carbonyl (C=O) groups excluding carboxylic acids is 1. The summed E-state index contributed by atoms with van der Waals surface area (Å²) in [5.74, 6) is 1.96. The second kappa shape index (κ2) is 14.3. The van der Waals surface area contributed by atoms with E-state index in [4.69, 9.17) is 18.9 Å². The third-order valence-corrected chi connectivity index (χ3v) is 5.13. The van der Waals surface area contributed by atoms with Gasteiger partial charge in [-0.05, 0) is 92.4 Å². The van der Waals surface area contributed by atoms with Crippen molar-refractivity contribution in [1.82, 2.24) is 0 Å². The summed E-state index contributed by atoms with van der Waals surface area (Å²) in [6.45, 7) is 6.66. The van der Waals surface area contributed by atoms with Gasteiger partial charge in [0.25, 0.3) is 0 Å². The van der Waals surface area contributed by atoms with Crippen LogP contribution in [0.1, 0.15) is 31.7 Å². The fraction of sp³-hybridized carbons (Fsp3) is 0.276. The summed E-state index contributed by atoms with van der Waals surface area (Å²) in [6.07, 6.45) is 2.84. The number of ether oxygens (including phenoxy) is 4. The smallest absolute Gasteiger partial charge is 0.333 e. The Morgan fingerprint density at radius 1 is 0.778 bits per heavy atom. The van der Waals surface area contributed by atoms with Crippen molar-refractivity contribution < 1.29 is 23.7 Å². The van der Waals surface area contributed by atoms with E-state index < -0.39 is 5.97 Å². The van der Waals surface area contributed by atoms with Gasteiger partial charge in [-0.15, -0.1) is 0 Å². The standard InChI is InChI=1S/C29H32N2O5/c1-22(2)29(32)36-21-23-8-7-9-28(20-23)35-19-6-4-5-18-34-27-16-12-25(13-17-27)31-30-24-10-14-26(33-3)15-11-24/h7-17,20H,1,4-6,18-19,21H2,2-3H3. The van der Waals surface area contributed by atoms with Crippen molar-refractivity contribution in [3.63, 3.8) is 0 Å². The van der Waals surface area contributed by atoms with Crippen LogP contribution < -0.4 is 14.2 Å². The monoisotopic (exact) mass is 488 g/mol. The summed E-state index contributed by atoms with van der Waals surface area (Å²) < 4.78 is 22.0. The van der Waals surface area contributed by atoms with Crippen molar-refractivity contribution in [2.24, 2.45) is 10.2 Å². The highest BCUT2D eigenvalue weighted by molar-refractivity contribution is 5.86. The summed E-state index contributed by atoms with van der Waals surface area (Å²) in [7, 11) is 1.63. The Labute approximate surface area is 212 Å². The van der Waals surface area contributed by atoms with Gasteiger partial charge in [-0.1, -0.05) is 18.7 Å². The number of azo groups is 1. The molecular formula is C29H32N2O5. The summed E-state index contributed by atoms with van der Waals surface area (Å²) in [5, 5.41) is 8.48.